The second kappa shape index (κ2) is 9.76. The van der Waals surface area contributed by atoms with E-state index in [-0.39, 0.29) is 36.0 Å². The van der Waals surface area contributed by atoms with Crippen LogP contribution in [0.15, 0.2) is 34.2 Å². The summed E-state index contributed by atoms with van der Waals surface area (Å²) in [5, 5.41) is 20.1. The molecule has 0 unspecified atom stereocenters. The van der Waals surface area contributed by atoms with Crippen molar-refractivity contribution in [1.29, 1.82) is 0 Å². The van der Waals surface area contributed by atoms with Gasteiger partial charge in [-0.1, -0.05) is 24.2 Å². The van der Waals surface area contributed by atoms with Gasteiger partial charge in [-0.2, -0.15) is 9.97 Å². The molecule has 0 saturated carbocycles. The van der Waals surface area contributed by atoms with Crippen molar-refractivity contribution in [3.63, 3.8) is 0 Å². The van der Waals surface area contributed by atoms with Crippen LogP contribution in [0.2, 0.25) is 0 Å². The lowest BCUT2D eigenvalue weighted by molar-refractivity contribution is -0.385. The fourth-order valence-corrected chi connectivity index (χ4v) is 4.08. The van der Waals surface area contributed by atoms with Crippen LogP contribution in [0, 0.1) is 10.1 Å². The first-order valence-electron chi connectivity index (χ1n) is 11.6. The smallest absolute Gasteiger partial charge is 0.375 e. The number of fused-ring (bicyclic) bond motifs is 1. The lowest BCUT2D eigenvalue weighted by Gasteiger charge is -2.30. The predicted octanol–water partition coefficient (Wildman–Crippen LogP) is 3.81. The summed E-state index contributed by atoms with van der Waals surface area (Å²) in [7, 11) is 0. The number of ether oxygens (including phenoxy) is 2. The average Bonchev–Trinajstić information content (AvgIpc) is 3.56. The molecule has 3 aromatic rings. The van der Waals surface area contributed by atoms with Gasteiger partial charge in [0.15, 0.2) is 17.3 Å². The Kier molecular flexibility index (Phi) is 6.36. The van der Waals surface area contributed by atoms with E-state index in [1.807, 2.05) is 18.7 Å². The van der Waals surface area contributed by atoms with Gasteiger partial charge in [0.05, 0.1) is 10.6 Å². The van der Waals surface area contributed by atoms with E-state index < -0.39 is 4.92 Å². The Morgan fingerprint density at radius 3 is 2.72 bits per heavy atom. The summed E-state index contributed by atoms with van der Waals surface area (Å²) in [6.45, 7) is 6.95. The fourth-order valence-electron chi connectivity index (χ4n) is 4.08. The van der Waals surface area contributed by atoms with Crippen molar-refractivity contribution in [1.82, 2.24) is 20.1 Å². The van der Waals surface area contributed by atoms with Crippen LogP contribution < -0.4 is 19.2 Å². The van der Waals surface area contributed by atoms with E-state index in [1.165, 1.54) is 6.33 Å². The first-order valence-corrected chi connectivity index (χ1v) is 11.6. The zero-order valence-electron chi connectivity index (χ0n) is 20.1. The first-order chi connectivity index (χ1) is 17.4. The van der Waals surface area contributed by atoms with Gasteiger partial charge in [-0.25, -0.2) is 4.98 Å². The number of nitro groups is 1. The second-order valence-electron chi connectivity index (χ2n) is 8.85. The molecule has 2 aromatic heterocycles. The van der Waals surface area contributed by atoms with Gasteiger partial charge < -0.3 is 23.7 Å². The molecular weight excluding hydrogens is 470 g/mol. The molecule has 1 fully saturated rings. The maximum atomic E-state index is 12.0. The molecule has 36 heavy (non-hydrogen) atoms. The SMILES string of the molecule is C/C(=N/Oc1ncnc(N2CCC(c3nc(C(C)C)no3)CC2)c1[N+](=O)[O-])c1ccc2c(c1)OCO2. The maximum Gasteiger partial charge on any atom is 0.375 e. The number of piperidine rings is 1. The standard InChI is InChI=1S/C23H25N7O6/c1-13(2)20-26-22(35-28-20)15-6-8-29(9-7-15)21-19(30(31)32)23(25-11-24-21)36-27-14(3)16-4-5-17-18(10-16)34-12-33-17/h4-5,10-11,13,15H,6-9,12H2,1-3H3/b27-14-. The molecule has 5 rings (SSSR count). The Bertz CT molecular complexity index is 1300. The zero-order chi connectivity index (χ0) is 25.2. The van der Waals surface area contributed by atoms with Gasteiger partial charge in [-0.05, 0) is 38.0 Å². The van der Waals surface area contributed by atoms with Crippen LogP contribution >= 0.6 is 0 Å². The summed E-state index contributed by atoms with van der Waals surface area (Å²) in [5.74, 6) is 2.75. The van der Waals surface area contributed by atoms with Crippen LogP contribution in [0.3, 0.4) is 0 Å². The third-order valence-electron chi connectivity index (χ3n) is 6.13. The lowest BCUT2D eigenvalue weighted by Crippen LogP contribution is -2.34. The topological polar surface area (TPSA) is 151 Å². The van der Waals surface area contributed by atoms with Gasteiger partial charge in [0, 0.05) is 30.5 Å². The van der Waals surface area contributed by atoms with Crippen LogP contribution in [0.5, 0.6) is 17.4 Å². The maximum absolute atomic E-state index is 12.0. The van der Waals surface area contributed by atoms with Gasteiger partial charge in [0.1, 0.15) is 6.33 Å². The zero-order valence-corrected chi connectivity index (χ0v) is 20.1. The number of hydrogen-bond acceptors (Lipinski definition) is 12. The minimum atomic E-state index is -0.547. The Morgan fingerprint density at radius 1 is 1.22 bits per heavy atom. The Labute approximate surface area is 206 Å². The van der Waals surface area contributed by atoms with E-state index in [4.69, 9.17) is 18.8 Å². The van der Waals surface area contributed by atoms with E-state index in [0.717, 1.165) is 5.56 Å². The molecule has 0 N–H and O–H groups in total. The largest absolute Gasteiger partial charge is 0.454 e. The van der Waals surface area contributed by atoms with Crippen molar-refractivity contribution in [3.8, 4) is 17.4 Å². The van der Waals surface area contributed by atoms with E-state index in [1.54, 1.807) is 25.1 Å². The van der Waals surface area contributed by atoms with Gasteiger partial charge in [0.2, 0.25) is 18.5 Å². The predicted molar refractivity (Wildman–Crippen MR) is 127 cm³/mol. The van der Waals surface area contributed by atoms with Crippen molar-refractivity contribution in [2.75, 3.05) is 24.8 Å². The Morgan fingerprint density at radius 2 is 2.00 bits per heavy atom. The van der Waals surface area contributed by atoms with Crippen molar-refractivity contribution < 1.29 is 23.8 Å². The minimum absolute atomic E-state index is 0.0896. The van der Waals surface area contributed by atoms with Crippen LogP contribution in [-0.4, -0.2) is 50.6 Å². The molecule has 0 amide bonds. The van der Waals surface area contributed by atoms with Crippen molar-refractivity contribution in [2.45, 2.75) is 45.4 Å². The molecule has 13 heteroatoms. The van der Waals surface area contributed by atoms with Crippen molar-refractivity contribution >= 4 is 17.2 Å². The van der Waals surface area contributed by atoms with E-state index >= 15 is 0 Å². The highest BCUT2D eigenvalue weighted by Crippen LogP contribution is 2.37. The van der Waals surface area contributed by atoms with Gasteiger partial charge in [-0.3, -0.25) is 10.1 Å². The first kappa shape index (κ1) is 23.5. The van der Waals surface area contributed by atoms with Crippen LogP contribution in [-0.2, 0) is 0 Å². The molecule has 4 heterocycles. The molecule has 1 aromatic carbocycles. The number of anilines is 1. The average molecular weight is 495 g/mol. The van der Waals surface area contributed by atoms with Gasteiger partial charge >= 0.3 is 11.6 Å². The monoisotopic (exact) mass is 495 g/mol. The normalized spacial score (nSPS) is 16.0. The second-order valence-corrected chi connectivity index (χ2v) is 8.85. The number of nitrogens with zero attached hydrogens (tertiary/aromatic N) is 7. The highest BCUT2D eigenvalue weighted by atomic mass is 16.7. The summed E-state index contributed by atoms with van der Waals surface area (Å²) in [4.78, 5) is 31.4. The number of oxime groups is 1. The van der Waals surface area contributed by atoms with E-state index in [2.05, 4.69) is 25.3 Å². The quantitative estimate of drug-likeness (QED) is 0.267. The van der Waals surface area contributed by atoms with Crippen LogP contribution in [0.25, 0.3) is 0 Å². The molecule has 0 spiro atoms. The molecule has 13 nitrogen and oxygen atoms in total. The molecule has 0 aliphatic carbocycles. The lowest BCUT2D eigenvalue weighted by atomic mass is 9.96. The number of benzene rings is 1. The summed E-state index contributed by atoms with van der Waals surface area (Å²) in [6.07, 6.45) is 2.62. The number of hydrogen-bond donors (Lipinski definition) is 0. The molecular formula is C23H25N7O6. The summed E-state index contributed by atoms with van der Waals surface area (Å²) in [5.41, 5.74) is 0.877. The van der Waals surface area contributed by atoms with Gasteiger partial charge in [-0.15, -0.1) is 0 Å². The minimum Gasteiger partial charge on any atom is -0.454 e. The molecule has 2 aliphatic heterocycles. The molecule has 188 valence electrons. The molecule has 2 aliphatic rings. The third-order valence-corrected chi connectivity index (χ3v) is 6.13. The van der Waals surface area contributed by atoms with E-state index in [9.17, 15) is 10.1 Å². The number of rotatable bonds is 7. The number of aromatic nitrogens is 4. The highest BCUT2D eigenvalue weighted by molar-refractivity contribution is 5.99. The molecule has 1 saturated heterocycles. The Balaban J connectivity index is 1.32. The summed E-state index contributed by atoms with van der Waals surface area (Å²) < 4.78 is 16.1. The van der Waals surface area contributed by atoms with Crippen molar-refractivity contribution in [2.24, 2.45) is 5.16 Å². The van der Waals surface area contributed by atoms with E-state index in [0.29, 0.717) is 54.9 Å². The molecule has 0 radical (unpaired) electrons. The fraction of sp³-hybridized carbons (Fsp3) is 0.435. The van der Waals surface area contributed by atoms with Crippen LogP contribution in [0.1, 0.15) is 62.7 Å². The molecule has 0 bridgehead atoms. The van der Waals surface area contributed by atoms with Crippen LogP contribution in [0.4, 0.5) is 11.5 Å². The molecule has 0 atom stereocenters. The summed E-state index contributed by atoms with van der Waals surface area (Å²) in [6, 6.07) is 5.33. The third kappa shape index (κ3) is 4.63. The van der Waals surface area contributed by atoms with Gasteiger partial charge in [0.25, 0.3) is 0 Å². The highest BCUT2D eigenvalue weighted by Gasteiger charge is 2.33. The Hall–Kier alpha value is -4.29. The summed E-state index contributed by atoms with van der Waals surface area (Å²) >= 11 is 0. The van der Waals surface area contributed by atoms with Crippen molar-refractivity contribution in [3.05, 3.63) is 51.9 Å².